The summed E-state index contributed by atoms with van der Waals surface area (Å²) in [5, 5.41) is 0. The number of hydrogen-bond donors (Lipinski definition) is 0. The lowest BCUT2D eigenvalue weighted by Gasteiger charge is -2.21. The quantitative estimate of drug-likeness (QED) is 0.737. The molecule has 0 bridgehead atoms. The van der Waals surface area contributed by atoms with Gasteiger partial charge in [0, 0.05) is 12.2 Å². The predicted octanol–water partition coefficient (Wildman–Crippen LogP) is 3.19. The van der Waals surface area contributed by atoms with Crippen molar-refractivity contribution < 1.29 is 13.9 Å². The molecule has 2 nitrogen and oxygen atoms in total. The van der Waals surface area contributed by atoms with Gasteiger partial charge in [-0.3, -0.25) is 4.79 Å². The normalized spacial score (nSPS) is 20.3. The van der Waals surface area contributed by atoms with Crippen molar-refractivity contribution in [2.75, 3.05) is 6.61 Å². The van der Waals surface area contributed by atoms with Crippen LogP contribution >= 0.6 is 0 Å². The van der Waals surface area contributed by atoms with Gasteiger partial charge in [-0.05, 0) is 56.4 Å². The fourth-order valence-electron chi connectivity index (χ4n) is 2.22. The fourth-order valence-corrected chi connectivity index (χ4v) is 2.22. The lowest BCUT2D eigenvalue weighted by molar-refractivity contribution is 0.0186. The Bertz CT molecular complexity index is 411. The maximum Gasteiger partial charge on any atom is 0.191 e. The molecular formula is C14H17FO2. The SMILES string of the molecule is Cc1cc(C(=O)C2CCCCO2)cc(C)c1F. The summed E-state index contributed by atoms with van der Waals surface area (Å²) in [5.74, 6) is -0.248. The van der Waals surface area contributed by atoms with E-state index in [1.807, 2.05) is 0 Å². The number of carbonyl (C=O) groups excluding carboxylic acids is 1. The number of rotatable bonds is 2. The van der Waals surface area contributed by atoms with Crippen molar-refractivity contribution in [3.63, 3.8) is 0 Å². The van der Waals surface area contributed by atoms with Gasteiger partial charge in [-0.1, -0.05) is 0 Å². The average Bonchev–Trinajstić information content (AvgIpc) is 2.35. The molecule has 92 valence electrons. The van der Waals surface area contributed by atoms with Gasteiger partial charge in [0.25, 0.3) is 0 Å². The highest BCUT2D eigenvalue weighted by Crippen LogP contribution is 2.20. The second-order valence-electron chi connectivity index (χ2n) is 4.64. The smallest absolute Gasteiger partial charge is 0.191 e. The minimum Gasteiger partial charge on any atom is -0.370 e. The van der Waals surface area contributed by atoms with E-state index in [0.717, 1.165) is 19.3 Å². The third-order valence-electron chi connectivity index (χ3n) is 3.19. The zero-order chi connectivity index (χ0) is 12.4. The van der Waals surface area contributed by atoms with Gasteiger partial charge < -0.3 is 4.74 Å². The summed E-state index contributed by atoms with van der Waals surface area (Å²) in [6.45, 7) is 4.01. The van der Waals surface area contributed by atoms with Crippen LogP contribution in [0.5, 0.6) is 0 Å². The second-order valence-corrected chi connectivity index (χ2v) is 4.64. The molecule has 0 radical (unpaired) electrons. The fraction of sp³-hybridized carbons (Fsp3) is 0.500. The predicted molar refractivity (Wildman–Crippen MR) is 63.8 cm³/mol. The molecule has 1 saturated heterocycles. The Balaban J connectivity index is 2.24. The first-order valence-electron chi connectivity index (χ1n) is 6.02. The highest BCUT2D eigenvalue weighted by atomic mass is 19.1. The van der Waals surface area contributed by atoms with Gasteiger partial charge in [0.15, 0.2) is 5.78 Å². The van der Waals surface area contributed by atoms with Gasteiger partial charge in [-0.15, -0.1) is 0 Å². The maximum absolute atomic E-state index is 13.5. The number of aryl methyl sites for hydroxylation is 2. The highest BCUT2D eigenvalue weighted by molar-refractivity contribution is 5.99. The van der Waals surface area contributed by atoms with E-state index < -0.39 is 0 Å². The Kier molecular flexibility index (Phi) is 3.57. The molecule has 1 aromatic carbocycles. The molecule has 1 aliphatic heterocycles. The number of halogens is 1. The van der Waals surface area contributed by atoms with Gasteiger partial charge in [0.05, 0.1) is 0 Å². The Morgan fingerprint density at radius 3 is 2.47 bits per heavy atom. The Hall–Kier alpha value is -1.22. The summed E-state index contributed by atoms with van der Waals surface area (Å²) in [6, 6.07) is 3.23. The molecule has 1 atom stereocenters. The van der Waals surface area contributed by atoms with Crippen LogP contribution in [0.15, 0.2) is 12.1 Å². The van der Waals surface area contributed by atoms with E-state index in [4.69, 9.17) is 4.74 Å². The van der Waals surface area contributed by atoms with Crippen LogP contribution in [0, 0.1) is 19.7 Å². The van der Waals surface area contributed by atoms with Crippen LogP contribution in [0.4, 0.5) is 4.39 Å². The van der Waals surface area contributed by atoms with Gasteiger partial charge >= 0.3 is 0 Å². The molecule has 17 heavy (non-hydrogen) atoms. The summed E-state index contributed by atoms with van der Waals surface area (Å²) in [5.41, 5.74) is 1.60. The average molecular weight is 236 g/mol. The molecule has 2 rings (SSSR count). The van der Waals surface area contributed by atoms with Gasteiger partial charge in [0.1, 0.15) is 11.9 Å². The molecule has 1 fully saturated rings. The number of Topliss-reactive ketones (excluding diaryl/α,β-unsaturated/α-hetero) is 1. The molecule has 1 aliphatic rings. The number of hydrogen-bond acceptors (Lipinski definition) is 2. The molecular weight excluding hydrogens is 219 g/mol. The van der Waals surface area contributed by atoms with Crippen molar-refractivity contribution >= 4 is 5.78 Å². The van der Waals surface area contributed by atoms with Gasteiger partial charge in [0.2, 0.25) is 0 Å². The third-order valence-corrected chi connectivity index (χ3v) is 3.19. The largest absolute Gasteiger partial charge is 0.370 e. The topological polar surface area (TPSA) is 26.3 Å². The van der Waals surface area contributed by atoms with Crippen LogP contribution in [0.2, 0.25) is 0 Å². The second kappa shape index (κ2) is 4.96. The van der Waals surface area contributed by atoms with Crippen molar-refractivity contribution in [1.82, 2.24) is 0 Å². The first-order valence-corrected chi connectivity index (χ1v) is 6.02. The molecule has 3 heteroatoms. The molecule has 0 amide bonds. The first-order chi connectivity index (χ1) is 8.09. The summed E-state index contributed by atoms with van der Waals surface area (Å²) < 4.78 is 18.9. The number of ether oxygens (including phenoxy) is 1. The molecule has 0 aromatic heterocycles. The molecule has 0 spiro atoms. The molecule has 1 aromatic rings. The van der Waals surface area contributed by atoms with Crippen LogP contribution < -0.4 is 0 Å². The summed E-state index contributed by atoms with van der Waals surface area (Å²) >= 11 is 0. The Labute approximate surface area is 101 Å². The van der Waals surface area contributed by atoms with Crippen molar-refractivity contribution in [3.8, 4) is 0 Å². The minimum atomic E-state index is -0.340. The number of benzene rings is 1. The molecule has 1 heterocycles. The van der Waals surface area contributed by atoms with Crippen molar-refractivity contribution in [2.45, 2.75) is 39.2 Å². The van der Waals surface area contributed by atoms with Crippen molar-refractivity contribution in [1.29, 1.82) is 0 Å². The van der Waals surface area contributed by atoms with E-state index in [1.165, 1.54) is 0 Å². The van der Waals surface area contributed by atoms with Crippen LogP contribution in [0.3, 0.4) is 0 Å². The monoisotopic (exact) mass is 236 g/mol. The van der Waals surface area contributed by atoms with Crippen molar-refractivity contribution in [2.24, 2.45) is 0 Å². The van der Waals surface area contributed by atoms with E-state index in [-0.39, 0.29) is 17.7 Å². The molecule has 0 saturated carbocycles. The number of carbonyl (C=O) groups is 1. The standard InChI is InChI=1S/C14H17FO2/c1-9-7-11(8-10(2)13(9)15)14(16)12-5-3-4-6-17-12/h7-8,12H,3-6H2,1-2H3. The number of ketones is 1. The van der Waals surface area contributed by atoms with E-state index in [1.54, 1.807) is 26.0 Å². The lowest BCUT2D eigenvalue weighted by Crippen LogP contribution is -2.28. The van der Waals surface area contributed by atoms with E-state index in [0.29, 0.717) is 23.3 Å². The Morgan fingerprint density at radius 2 is 1.94 bits per heavy atom. The van der Waals surface area contributed by atoms with E-state index >= 15 is 0 Å². The molecule has 1 unspecified atom stereocenters. The molecule has 0 aliphatic carbocycles. The van der Waals surface area contributed by atoms with Crippen LogP contribution in [0.1, 0.15) is 40.7 Å². The maximum atomic E-state index is 13.5. The summed E-state index contributed by atoms with van der Waals surface area (Å²) in [6.07, 6.45) is 2.47. The summed E-state index contributed by atoms with van der Waals surface area (Å²) in [7, 11) is 0. The van der Waals surface area contributed by atoms with E-state index in [9.17, 15) is 9.18 Å². The van der Waals surface area contributed by atoms with Gasteiger partial charge in [-0.2, -0.15) is 0 Å². The zero-order valence-corrected chi connectivity index (χ0v) is 10.3. The minimum absolute atomic E-state index is 0.0177. The van der Waals surface area contributed by atoms with Crippen LogP contribution in [0.25, 0.3) is 0 Å². The zero-order valence-electron chi connectivity index (χ0n) is 10.3. The first kappa shape index (κ1) is 12.2. The van der Waals surface area contributed by atoms with Crippen LogP contribution in [-0.2, 0) is 4.74 Å². The van der Waals surface area contributed by atoms with Crippen LogP contribution in [-0.4, -0.2) is 18.5 Å². The van der Waals surface area contributed by atoms with Gasteiger partial charge in [-0.25, -0.2) is 4.39 Å². The third kappa shape index (κ3) is 2.55. The summed E-state index contributed by atoms with van der Waals surface area (Å²) in [4.78, 5) is 12.2. The van der Waals surface area contributed by atoms with E-state index in [2.05, 4.69) is 0 Å². The highest BCUT2D eigenvalue weighted by Gasteiger charge is 2.24. The van der Waals surface area contributed by atoms with Crippen molar-refractivity contribution in [3.05, 3.63) is 34.6 Å². The molecule has 0 N–H and O–H groups in total. The lowest BCUT2D eigenvalue weighted by atomic mass is 9.97. The Morgan fingerprint density at radius 1 is 1.29 bits per heavy atom.